The van der Waals surface area contributed by atoms with Gasteiger partial charge >= 0.3 is 17.9 Å². The van der Waals surface area contributed by atoms with Gasteiger partial charge in [-0.3, -0.25) is 9.59 Å². The predicted octanol–water partition coefficient (Wildman–Crippen LogP) is 4.45. The number of carbonyl (C=O) groups is 3. The molecule has 0 radical (unpaired) electrons. The number of hydrogen-bond donors (Lipinski definition) is 1. The number of fused-ring (bicyclic) bond motifs is 2. The maximum absolute atomic E-state index is 13.0. The molecule has 2 bridgehead atoms. The Morgan fingerprint density at radius 2 is 1.95 bits per heavy atom. The summed E-state index contributed by atoms with van der Waals surface area (Å²) in [5.74, 6) is -1.48. The van der Waals surface area contributed by atoms with Gasteiger partial charge < -0.3 is 28.8 Å². The Morgan fingerprint density at radius 3 is 2.65 bits per heavy atom. The molecule has 2 saturated heterocycles. The smallest absolute Gasteiger partial charge is 0.333 e. The van der Waals surface area contributed by atoms with Gasteiger partial charge in [0.1, 0.15) is 23.4 Å². The third-order valence-corrected chi connectivity index (χ3v) is 12.3. The van der Waals surface area contributed by atoms with Crippen molar-refractivity contribution in [1.82, 2.24) is 0 Å². The number of rotatable bonds is 3. The van der Waals surface area contributed by atoms with Gasteiger partial charge in [0.25, 0.3) is 0 Å². The molecule has 1 N–H and O–H groups in total. The van der Waals surface area contributed by atoms with E-state index in [1.807, 2.05) is 6.08 Å². The number of esters is 3. The Hall–Kier alpha value is -2.23. The van der Waals surface area contributed by atoms with Crippen LogP contribution in [0.4, 0.5) is 0 Å². The first-order chi connectivity index (χ1) is 20.1. The minimum atomic E-state index is -1.54. The highest BCUT2D eigenvalue weighted by molar-refractivity contribution is 5.88. The van der Waals surface area contributed by atoms with Crippen molar-refractivity contribution >= 4 is 17.9 Å². The van der Waals surface area contributed by atoms with Crippen LogP contribution in [0.3, 0.4) is 0 Å². The molecule has 43 heavy (non-hydrogen) atoms. The van der Waals surface area contributed by atoms with Gasteiger partial charge in [-0.05, 0) is 75.5 Å². The van der Waals surface area contributed by atoms with Crippen LogP contribution in [0.15, 0.2) is 23.8 Å². The first-order valence-corrected chi connectivity index (χ1v) is 16.0. The van der Waals surface area contributed by atoms with E-state index in [1.165, 1.54) is 6.92 Å². The number of hydrogen-bond acceptors (Lipinski definition) is 9. The van der Waals surface area contributed by atoms with Crippen molar-refractivity contribution < 1.29 is 43.2 Å². The van der Waals surface area contributed by atoms with Crippen LogP contribution in [0.5, 0.6) is 0 Å². The van der Waals surface area contributed by atoms with Crippen LogP contribution in [0.1, 0.15) is 86.5 Å². The zero-order valence-electron chi connectivity index (χ0n) is 26.5. The van der Waals surface area contributed by atoms with Crippen molar-refractivity contribution in [2.45, 2.75) is 122 Å². The number of aliphatic hydroxyl groups is 1. The monoisotopic (exact) mass is 600 g/mol. The largest absolute Gasteiger partial charge is 0.462 e. The van der Waals surface area contributed by atoms with Crippen molar-refractivity contribution in [2.75, 3.05) is 13.2 Å². The third-order valence-electron chi connectivity index (χ3n) is 12.3. The van der Waals surface area contributed by atoms with Crippen LogP contribution in [-0.2, 0) is 38.1 Å². The molecule has 3 saturated carbocycles. The molecule has 0 aromatic carbocycles. The van der Waals surface area contributed by atoms with Gasteiger partial charge in [0.2, 0.25) is 0 Å². The van der Waals surface area contributed by atoms with E-state index in [0.29, 0.717) is 31.4 Å². The van der Waals surface area contributed by atoms with Crippen molar-refractivity contribution in [1.29, 1.82) is 0 Å². The Balaban J connectivity index is 1.40. The van der Waals surface area contributed by atoms with Crippen LogP contribution >= 0.6 is 0 Å². The standard InChI is InChI=1S/C34H48O9/c1-18-8-9-24(42-30(18)37)20(3)22-10-11-32(7)23(19(22)2)16-33-17-34(38)27(39-12-13-40-33)15-28(36)43-31(5,6)29(34)25(14-26(32)33)41-21(4)35/h8,20,22-27,29,38H,2,9-17H2,1,3-7H3/t20-,22-,23+,24-,25-,26+,27-,29+,32-,33-,34+/m1/s1. The lowest BCUT2D eigenvalue weighted by molar-refractivity contribution is -0.234. The second-order valence-electron chi connectivity index (χ2n) is 15.0. The number of cyclic esters (lactones) is 2. The highest BCUT2D eigenvalue weighted by atomic mass is 16.6. The van der Waals surface area contributed by atoms with E-state index < -0.39 is 46.9 Å². The average Bonchev–Trinajstić information content (AvgIpc) is 3.01. The normalized spacial score (nSPS) is 46.3. The molecular weight excluding hydrogens is 552 g/mol. The van der Waals surface area contributed by atoms with Crippen LogP contribution in [0.2, 0.25) is 0 Å². The van der Waals surface area contributed by atoms with Gasteiger partial charge in [-0.15, -0.1) is 0 Å². The molecular formula is C34H48O9. The van der Waals surface area contributed by atoms with Crippen LogP contribution in [0, 0.1) is 35.0 Å². The lowest BCUT2D eigenvalue weighted by Gasteiger charge is -2.49. The van der Waals surface area contributed by atoms with Crippen molar-refractivity contribution in [3.8, 4) is 0 Å². The van der Waals surface area contributed by atoms with E-state index in [4.69, 9.17) is 30.3 Å². The molecule has 9 heteroatoms. The number of allylic oxidation sites excluding steroid dienone is 1. The molecule has 0 amide bonds. The molecule has 0 aromatic rings. The summed E-state index contributed by atoms with van der Waals surface area (Å²) in [6.07, 6.45) is 4.10. The van der Waals surface area contributed by atoms with Gasteiger partial charge in [-0.25, -0.2) is 4.79 Å². The predicted molar refractivity (Wildman–Crippen MR) is 155 cm³/mol. The number of ether oxygens (including phenoxy) is 5. The molecule has 6 rings (SSSR count). The Kier molecular flexibility index (Phi) is 7.45. The Bertz CT molecular complexity index is 1240. The summed E-state index contributed by atoms with van der Waals surface area (Å²) in [7, 11) is 0. The van der Waals surface area contributed by atoms with E-state index in [-0.39, 0.29) is 60.6 Å². The molecule has 9 nitrogen and oxygen atoms in total. The molecule has 0 aromatic heterocycles. The average molecular weight is 601 g/mol. The molecule has 1 spiro atoms. The van der Waals surface area contributed by atoms with Gasteiger partial charge in [0, 0.05) is 25.3 Å². The summed E-state index contributed by atoms with van der Waals surface area (Å²) < 4.78 is 30.9. The van der Waals surface area contributed by atoms with E-state index in [9.17, 15) is 19.5 Å². The first-order valence-electron chi connectivity index (χ1n) is 16.0. The third kappa shape index (κ3) is 4.80. The van der Waals surface area contributed by atoms with E-state index in [1.54, 1.807) is 20.8 Å². The topological polar surface area (TPSA) is 118 Å². The Labute approximate surface area is 254 Å². The van der Waals surface area contributed by atoms with Gasteiger partial charge in [0.15, 0.2) is 0 Å². The highest BCUT2D eigenvalue weighted by Crippen LogP contribution is 2.69. The summed E-state index contributed by atoms with van der Waals surface area (Å²) >= 11 is 0. The summed E-state index contributed by atoms with van der Waals surface area (Å²) in [5, 5.41) is 12.9. The van der Waals surface area contributed by atoms with Crippen LogP contribution in [0.25, 0.3) is 0 Å². The van der Waals surface area contributed by atoms with Crippen LogP contribution < -0.4 is 0 Å². The molecule has 3 heterocycles. The van der Waals surface area contributed by atoms with Gasteiger partial charge in [-0.2, -0.15) is 0 Å². The minimum absolute atomic E-state index is 0.0401. The lowest BCUT2D eigenvalue weighted by atomic mass is 9.57. The fourth-order valence-electron chi connectivity index (χ4n) is 10.4. The van der Waals surface area contributed by atoms with E-state index >= 15 is 0 Å². The lowest BCUT2D eigenvalue weighted by Crippen LogP contribution is -2.62. The van der Waals surface area contributed by atoms with Crippen molar-refractivity contribution in [3.05, 3.63) is 23.8 Å². The first kappa shape index (κ1) is 30.8. The second kappa shape index (κ2) is 10.4. The molecule has 11 atom stereocenters. The molecule has 6 aliphatic rings. The van der Waals surface area contributed by atoms with E-state index in [0.717, 1.165) is 18.4 Å². The minimum Gasteiger partial charge on any atom is -0.462 e. The maximum atomic E-state index is 13.0. The summed E-state index contributed by atoms with van der Waals surface area (Å²) in [4.78, 5) is 37.9. The summed E-state index contributed by atoms with van der Waals surface area (Å²) in [6, 6.07) is 0. The molecule has 3 aliphatic heterocycles. The van der Waals surface area contributed by atoms with Crippen molar-refractivity contribution in [3.63, 3.8) is 0 Å². The molecule has 5 fully saturated rings. The van der Waals surface area contributed by atoms with Crippen molar-refractivity contribution in [2.24, 2.45) is 35.0 Å². The second-order valence-corrected chi connectivity index (χ2v) is 15.0. The molecule has 0 unspecified atom stereocenters. The molecule has 238 valence electrons. The van der Waals surface area contributed by atoms with Crippen LogP contribution in [-0.4, -0.2) is 71.3 Å². The van der Waals surface area contributed by atoms with Gasteiger partial charge in [-0.1, -0.05) is 32.1 Å². The number of carbonyl (C=O) groups excluding carboxylic acids is 3. The molecule has 3 aliphatic carbocycles. The maximum Gasteiger partial charge on any atom is 0.333 e. The Morgan fingerprint density at radius 1 is 1.21 bits per heavy atom. The highest BCUT2D eigenvalue weighted by Gasteiger charge is 2.72. The fourth-order valence-corrected chi connectivity index (χ4v) is 10.4. The fraction of sp³-hybridized carbons (Fsp3) is 0.794. The zero-order chi connectivity index (χ0) is 31.1. The summed E-state index contributed by atoms with van der Waals surface area (Å²) in [6.45, 7) is 16.5. The van der Waals surface area contributed by atoms with Gasteiger partial charge in [0.05, 0.1) is 37.3 Å². The summed E-state index contributed by atoms with van der Waals surface area (Å²) in [5.41, 5.74) is -1.79. The van der Waals surface area contributed by atoms with E-state index in [2.05, 4.69) is 13.8 Å². The zero-order valence-corrected chi connectivity index (χ0v) is 26.5. The quantitative estimate of drug-likeness (QED) is 0.285. The SMILES string of the molecule is C=C1[C@H]([C@@H](C)[C@H]2CC=C(C)C(=O)O2)CC[C@@]2(C)[C@@H]3C[C@@H](OC(C)=O)[C@H]4C(C)(C)OC(=O)C[C@H]5OCCO[C@]3(C[C@@H]12)C[C@]54O.